The van der Waals surface area contributed by atoms with Crippen LogP contribution in [0, 0.1) is 13.8 Å². The number of aromatic nitrogens is 4. The van der Waals surface area contributed by atoms with Gasteiger partial charge < -0.3 is 5.32 Å². The molecule has 1 amide bonds. The second-order valence-corrected chi connectivity index (χ2v) is 7.14. The Morgan fingerprint density at radius 3 is 2.85 bits per heavy atom. The van der Waals surface area contributed by atoms with Crippen LogP contribution in [0.15, 0.2) is 48.1 Å². The zero-order valence-corrected chi connectivity index (χ0v) is 15.2. The summed E-state index contributed by atoms with van der Waals surface area (Å²) in [5, 5.41) is 10.1. The minimum atomic E-state index is -0.215. The molecule has 0 bridgehead atoms. The van der Waals surface area contributed by atoms with Gasteiger partial charge in [0, 0.05) is 16.8 Å². The molecule has 4 rings (SSSR count). The van der Waals surface area contributed by atoms with Crippen molar-refractivity contribution in [1.82, 2.24) is 19.7 Å². The summed E-state index contributed by atoms with van der Waals surface area (Å²) in [6.45, 7) is 4.47. The molecule has 0 radical (unpaired) electrons. The number of amides is 1. The first-order valence-electron chi connectivity index (χ1n) is 8.20. The van der Waals surface area contributed by atoms with Gasteiger partial charge in [-0.2, -0.15) is 5.10 Å². The molecule has 4 heterocycles. The summed E-state index contributed by atoms with van der Waals surface area (Å²) in [6, 6.07) is 9.55. The van der Waals surface area contributed by atoms with Gasteiger partial charge in [0.15, 0.2) is 5.65 Å². The molecule has 0 spiro atoms. The first kappa shape index (κ1) is 16.4. The van der Waals surface area contributed by atoms with Crippen LogP contribution in [0.5, 0.6) is 0 Å². The minimum absolute atomic E-state index is 0.215. The van der Waals surface area contributed by atoms with Gasteiger partial charge >= 0.3 is 0 Å². The van der Waals surface area contributed by atoms with Gasteiger partial charge in [0.05, 0.1) is 23.7 Å². The van der Waals surface area contributed by atoms with Gasteiger partial charge in [0.2, 0.25) is 0 Å². The minimum Gasteiger partial charge on any atom is -0.307 e. The third-order valence-corrected chi connectivity index (χ3v) is 4.88. The number of nitrogens with one attached hydrogen (secondary N) is 1. The van der Waals surface area contributed by atoms with Gasteiger partial charge in [-0.15, -0.1) is 11.3 Å². The van der Waals surface area contributed by atoms with E-state index in [1.165, 1.54) is 4.88 Å². The molecule has 4 aromatic rings. The first-order chi connectivity index (χ1) is 12.6. The Morgan fingerprint density at radius 2 is 2.12 bits per heavy atom. The standard InChI is InChI=1S/C19H17N5OS/c1-12-5-6-17(20-9-12)23-19(25)15-8-13(2)22-18-16(15)10-21-24(18)11-14-4-3-7-26-14/h3-10H,11H2,1-2H3,(H,20,23,25). The van der Waals surface area contributed by atoms with Crippen LogP contribution in [0.4, 0.5) is 5.82 Å². The molecular formula is C19H17N5OS. The number of anilines is 1. The second-order valence-electron chi connectivity index (χ2n) is 6.10. The quantitative estimate of drug-likeness (QED) is 0.598. The highest BCUT2D eigenvalue weighted by Crippen LogP contribution is 2.21. The van der Waals surface area contributed by atoms with Crippen molar-refractivity contribution < 1.29 is 4.79 Å². The van der Waals surface area contributed by atoms with Gasteiger partial charge in [0.25, 0.3) is 5.91 Å². The van der Waals surface area contributed by atoms with Crippen molar-refractivity contribution in [3.05, 3.63) is 69.8 Å². The lowest BCUT2D eigenvalue weighted by molar-refractivity contribution is 0.102. The summed E-state index contributed by atoms with van der Waals surface area (Å²) in [4.78, 5) is 22.8. The Morgan fingerprint density at radius 1 is 1.23 bits per heavy atom. The first-order valence-corrected chi connectivity index (χ1v) is 9.07. The van der Waals surface area contributed by atoms with E-state index in [9.17, 15) is 4.79 Å². The van der Waals surface area contributed by atoms with E-state index in [0.717, 1.165) is 16.6 Å². The van der Waals surface area contributed by atoms with Gasteiger partial charge in [-0.3, -0.25) is 4.79 Å². The van der Waals surface area contributed by atoms with E-state index in [4.69, 9.17) is 0 Å². The Balaban J connectivity index is 1.69. The van der Waals surface area contributed by atoms with E-state index in [1.807, 2.05) is 36.0 Å². The SMILES string of the molecule is Cc1ccc(NC(=O)c2cc(C)nc3c2cnn3Cc2cccs2)nc1. The molecule has 0 aliphatic heterocycles. The maximum Gasteiger partial charge on any atom is 0.257 e. The number of hydrogen-bond acceptors (Lipinski definition) is 5. The van der Waals surface area contributed by atoms with Gasteiger partial charge in [0.1, 0.15) is 5.82 Å². The van der Waals surface area contributed by atoms with Crippen molar-refractivity contribution in [2.45, 2.75) is 20.4 Å². The highest BCUT2D eigenvalue weighted by atomic mass is 32.1. The lowest BCUT2D eigenvalue weighted by Crippen LogP contribution is -2.14. The van der Waals surface area contributed by atoms with Crippen LogP contribution in [0.3, 0.4) is 0 Å². The summed E-state index contributed by atoms with van der Waals surface area (Å²) in [6.07, 6.45) is 3.43. The van der Waals surface area contributed by atoms with Crippen LogP contribution in [-0.2, 0) is 6.54 Å². The lowest BCUT2D eigenvalue weighted by Gasteiger charge is -2.07. The lowest BCUT2D eigenvalue weighted by atomic mass is 10.1. The molecule has 7 heteroatoms. The zero-order chi connectivity index (χ0) is 18.1. The Kier molecular flexibility index (Phi) is 4.22. The van der Waals surface area contributed by atoms with Gasteiger partial charge in [-0.1, -0.05) is 12.1 Å². The highest BCUT2D eigenvalue weighted by Gasteiger charge is 2.16. The van der Waals surface area contributed by atoms with Crippen molar-refractivity contribution in [2.24, 2.45) is 0 Å². The predicted octanol–water partition coefficient (Wildman–Crippen LogP) is 3.81. The zero-order valence-electron chi connectivity index (χ0n) is 14.4. The molecule has 6 nitrogen and oxygen atoms in total. The third-order valence-electron chi connectivity index (χ3n) is 4.02. The van der Waals surface area contributed by atoms with E-state index in [0.29, 0.717) is 23.6 Å². The molecule has 0 atom stereocenters. The fourth-order valence-corrected chi connectivity index (χ4v) is 3.44. The molecule has 0 aromatic carbocycles. The number of rotatable bonds is 4. The van der Waals surface area contributed by atoms with E-state index in [1.54, 1.807) is 35.9 Å². The van der Waals surface area contributed by atoms with Gasteiger partial charge in [-0.25, -0.2) is 14.6 Å². The maximum absolute atomic E-state index is 12.8. The molecular weight excluding hydrogens is 346 g/mol. The molecule has 130 valence electrons. The molecule has 1 N–H and O–H groups in total. The molecule has 0 aliphatic carbocycles. The number of carbonyl (C=O) groups excluding carboxylic acids is 1. The molecule has 0 saturated carbocycles. The fraction of sp³-hybridized carbons (Fsp3) is 0.158. The number of fused-ring (bicyclic) bond motifs is 1. The average Bonchev–Trinajstić information content (AvgIpc) is 3.27. The number of carbonyl (C=O) groups is 1. The van der Waals surface area contributed by atoms with Crippen molar-refractivity contribution in [3.8, 4) is 0 Å². The predicted molar refractivity (Wildman–Crippen MR) is 103 cm³/mol. The van der Waals surface area contributed by atoms with E-state index in [2.05, 4.69) is 26.4 Å². The maximum atomic E-state index is 12.8. The smallest absolute Gasteiger partial charge is 0.257 e. The summed E-state index contributed by atoms with van der Waals surface area (Å²) in [7, 11) is 0. The van der Waals surface area contributed by atoms with Crippen molar-refractivity contribution in [2.75, 3.05) is 5.32 Å². The Bertz CT molecular complexity index is 1070. The highest BCUT2D eigenvalue weighted by molar-refractivity contribution is 7.09. The van der Waals surface area contributed by atoms with Crippen molar-refractivity contribution in [1.29, 1.82) is 0 Å². The van der Waals surface area contributed by atoms with Crippen molar-refractivity contribution >= 4 is 34.1 Å². The summed E-state index contributed by atoms with van der Waals surface area (Å²) in [5.41, 5.74) is 3.07. The van der Waals surface area contributed by atoms with Crippen LogP contribution in [0.25, 0.3) is 11.0 Å². The number of nitrogens with zero attached hydrogens (tertiary/aromatic N) is 4. The second kappa shape index (κ2) is 6.68. The molecule has 0 unspecified atom stereocenters. The van der Waals surface area contributed by atoms with Crippen LogP contribution in [-0.4, -0.2) is 25.7 Å². The van der Waals surface area contributed by atoms with E-state index >= 15 is 0 Å². The molecule has 4 aromatic heterocycles. The number of pyridine rings is 2. The molecule has 26 heavy (non-hydrogen) atoms. The monoisotopic (exact) mass is 363 g/mol. The Labute approximate surface area is 154 Å². The van der Waals surface area contributed by atoms with Crippen LogP contribution in [0.2, 0.25) is 0 Å². The third kappa shape index (κ3) is 3.21. The normalized spacial score (nSPS) is 11.0. The topological polar surface area (TPSA) is 72.7 Å². The Hall–Kier alpha value is -3.06. The molecule has 0 fully saturated rings. The van der Waals surface area contributed by atoms with Crippen LogP contribution < -0.4 is 5.32 Å². The molecule has 0 aliphatic rings. The number of thiophene rings is 1. The molecule has 0 saturated heterocycles. The van der Waals surface area contributed by atoms with Gasteiger partial charge in [-0.05, 0) is 43.0 Å². The van der Waals surface area contributed by atoms with E-state index < -0.39 is 0 Å². The van der Waals surface area contributed by atoms with Crippen LogP contribution in [0.1, 0.15) is 26.5 Å². The summed E-state index contributed by atoms with van der Waals surface area (Å²) in [5.74, 6) is 0.307. The number of aryl methyl sites for hydroxylation is 2. The number of hydrogen-bond donors (Lipinski definition) is 1. The largest absolute Gasteiger partial charge is 0.307 e. The average molecular weight is 363 g/mol. The van der Waals surface area contributed by atoms with E-state index in [-0.39, 0.29) is 5.91 Å². The fourth-order valence-electron chi connectivity index (χ4n) is 2.75. The summed E-state index contributed by atoms with van der Waals surface area (Å²) < 4.78 is 1.83. The van der Waals surface area contributed by atoms with Crippen LogP contribution >= 0.6 is 11.3 Å². The van der Waals surface area contributed by atoms with Crippen molar-refractivity contribution in [3.63, 3.8) is 0 Å². The summed E-state index contributed by atoms with van der Waals surface area (Å²) >= 11 is 1.67.